The molecule has 1 saturated heterocycles. The van der Waals surface area contributed by atoms with Crippen LogP contribution in [0.4, 0.5) is 20.4 Å². The van der Waals surface area contributed by atoms with Crippen LogP contribution >= 0.6 is 0 Å². The van der Waals surface area contributed by atoms with Gasteiger partial charge in [0, 0.05) is 32.2 Å². The van der Waals surface area contributed by atoms with Gasteiger partial charge in [-0.25, -0.2) is 18.4 Å². The summed E-state index contributed by atoms with van der Waals surface area (Å²) in [5.41, 5.74) is 7.45. The fraction of sp³-hybridized carbons (Fsp3) is 0.320. The molecule has 13 heteroatoms. The highest BCUT2D eigenvalue weighted by Gasteiger charge is 2.31. The Balaban J connectivity index is 1.28. The Bertz CT molecular complexity index is 1620. The fourth-order valence-corrected chi connectivity index (χ4v) is 4.91. The Hall–Kier alpha value is -4.55. The molecule has 2 N–H and O–H groups in total. The van der Waals surface area contributed by atoms with E-state index in [-0.39, 0.29) is 11.9 Å². The fourth-order valence-electron chi connectivity index (χ4n) is 4.91. The van der Waals surface area contributed by atoms with E-state index in [0.717, 1.165) is 12.5 Å². The largest absolute Gasteiger partial charge is 0.461 e. The molecule has 0 radical (unpaired) electrons. The van der Waals surface area contributed by atoms with Crippen molar-refractivity contribution in [2.24, 2.45) is 0 Å². The molecule has 1 atom stereocenters. The van der Waals surface area contributed by atoms with Crippen LogP contribution < -0.4 is 10.6 Å². The molecule has 5 aromatic rings. The minimum absolute atomic E-state index is 0.103. The van der Waals surface area contributed by atoms with E-state index in [1.54, 1.807) is 27.9 Å². The second-order valence-electron chi connectivity index (χ2n) is 9.16. The van der Waals surface area contributed by atoms with E-state index >= 15 is 0 Å². The minimum Gasteiger partial charge on any atom is -0.461 e. The summed E-state index contributed by atoms with van der Waals surface area (Å²) in [4.78, 5) is 26.4. The first kappa shape index (κ1) is 23.8. The number of hydrogen-bond donors (Lipinski definition) is 1. The van der Waals surface area contributed by atoms with Crippen LogP contribution in [0, 0.1) is 11.6 Å². The molecule has 1 aromatic carbocycles. The predicted octanol–water partition coefficient (Wildman–Crippen LogP) is 3.28. The number of carbonyl (C=O) groups is 1. The molecule has 6 rings (SSSR count). The van der Waals surface area contributed by atoms with Gasteiger partial charge in [0.05, 0.1) is 23.5 Å². The van der Waals surface area contributed by atoms with Gasteiger partial charge in [-0.2, -0.15) is 14.6 Å². The van der Waals surface area contributed by atoms with Crippen molar-refractivity contribution in [3.63, 3.8) is 0 Å². The van der Waals surface area contributed by atoms with E-state index < -0.39 is 17.7 Å². The molecule has 1 unspecified atom stereocenters. The summed E-state index contributed by atoms with van der Waals surface area (Å²) in [6.45, 7) is 3.63. The predicted molar refractivity (Wildman–Crippen MR) is 135 cm³/mol. The summed E-state index contributed by atoms with van der Waals surface area (Å²) in [6.07, 6.45) is 4.43. The third-order valence-electron chi connectivity index (χ3n) is 6.78. The van der Waals surface area contributed by atoms with Gasteiger partial charge in [0.2, 0.25) is 17.7 Å². The summed E-state index contributed by atoms with van der Waals surface area (Å²) in [5.74, 6) is -0.377. The highest BCUT2D eigenvalue weighted by molar-refractivity contribution is 5.92. The number of nitrogen functional groups attached to an aromatic ring is 1. The number of carbonyl (C=O) groups excluding carboxylic acids is 1. The van der Waals surface area contributed by atoms with Crippen LogP contribution in [0.3, 0.4) is 0 Å². The number of piperazine rings is 1. The number of halogens is 2. The highest BCUT2D eigenvalue weighted by Crippen LogP contribution is 2.28. The Morgan fingerprint density at radius 1 is 1.13 bits per heavy atom. The maximum Gasteiger partial charge on any atom is 0.247 e. The van der Waals surface area contributed by atoms with Crippen molar-refractivity contribution in [1.29, 1.82) is 0 Å². The number of furan rings is 1. The van der Waals surface area contributed by atoms with Gasteiger partial charge in [-0.3, -0.25) is 4.79 Å². The quantitative estimate of drug-likeness (QED) is 0.361. The van der Waals surface area contributed by atoms with Crippen LogP contribution in [-0.2, 0) is 4.79 Å². The highest BCUT2D eigenvalue weighted by atomic mass is 19.1. The van der Waals surface area contributed by atoms with E-state index in [1.165, 1.54) is 22.9 Å². The van der Waals surface area contributed by atoms with E-state index in [0.29, 0.717) is 66.6 Å². The Morgan fingerprint density at radius 2 is 1.95 bits per heavy atom. The Labute approximate surface area is 215 Å². The van der Waals surface area contributed by atoms with E-state index in [1.807, 2.05) is 11.8 Å². The first-order valence-corrected chi connectivity index (χ1v) is 12.4. The summed E-state index contributed by atoms with van der Waals surface area (Å²) in [5, 5.41) is 9.54. The van der Waals surface area contributed by atoms with Gasteiger partial charge in [0.1, 0.15) is 17.7 Å². The third kappa shape index (κ3) is 3.99. The summed E-state index contributed by atoms with van der Waals surface area (Å²) >= 11 is 0. The number of nitrogens with two attached hydrogens (primary N) is 1. The van der Waals surface area contributed by atoms with Gasteiger partial charge in [-0.15, -0.1) is 5.10 Å². The van der Waals surface area contributed by atoms with Crippen molar-refractivity contribution in [3.05, 3.63) is 54.4 Å². The molecule has 5 heterocycles. The lowest BCUT2D eigenvalue weighted by atomic mass is 10.1. The van der Waals surface area contributed by atoms with Crippen LogP contribution in [0.5, 0.6) is 0 Å². The average molecular weight is 522 g/mol. The maximum atomic E-state index is 14.3. The van der Waals surface area contributed by atoms with Crippen molar-refractivity contribution < 1.29 is 18.0 Å². The van der Waals surface area contributed by atoms with Crippen LogP contribution in [0.15, 0.2) is 47.2 Å². The summed E-state index contributed by atoms with van der Waals surface area (Å²) in [6, 6.07) is 6.42. The molecular weight excluding hydrogens is 496 g/mol. The van der Waals surface area contributed by atoms with Gasteiger partial charge in [-0.1, -0.05) is 13.3 Å². The molecule has 1 amide bonds. The van der Waals surface area contributed by atoms with Crippen LogP contribution in [-0.4, -0.2) is 66.3 Å². The third-order valence-corrected chi connectivity index (χ3v) is 6.78. The number of amides is 1. The lowest BCUT2D eigenvalue weighted by molar-refractivity contribution is -0.135. The molecule has 1 aliphatic rings. The molecule has 1 aliphatic heterocycles. The minimum atomic E-state index is -0.622. The second-order valence-corrected chi connectivity index (χ2v) is 9.16. The zero-order valence-electron chi connectivity index (χ0n) is 20.6. The molecule has 38 heavy (non-hydrogen) atoms. The number of nitrogens with zero attached hydrogens (tertiary/aromatic N) is 8. The number of rotatable bonds is 6. The first-order valence-electron chi connectivity index (χ1n) is 12.4. The molecule has 0 saturated carbocycles. The molecule has 11 nitrogen and oxygen atoms in total. The average Bonchev–Trinajstić information content (AvgIpc) is 3.67. The number of benzene rings is 1. The standard InChI is InChI=1S/C25H25F2N9O2/c1-2-4-19(24(37)34-10-8-33(9-11-34)18-7-6-15(26)13-17(18)27)35-23-16(14-29-35)22-30-21(20-5-3-12-38-20)32-36(22)25(28)31-23/h3,5-7,12-14,19H,2,4,8-11H2,1H3,(H2,28,31). The monoisotopic (exact) mass is 521 g/mol. The number of hydrogen-bond acceptors (Lipinski definition) is 8. The van der Waals surface area contributed by atoms with Crippen LogP contribution in [0.2, 0.25) is 0 Å². The lowest BCUT2D eigenvalue weighted by Gasteiger charge is -2.37. The Morgan fingerprint density at radius 3 is 2.66 bits per heavy atom. The SMILES string of the molecule is CCCC(C(=O)N1CCN(c2ccc(F)cc2F)CC1)n1ncc2c1nc(N)n1nc(-c3ccco3)nc21. The molecule has 4 aromatic heterocycles. The zero-order valence-corrected chi connectivity index (χ0v) is 20.6. The summed E-state index contributed by atoms with van der Waals surface area (Å²) < 4.78 is 36.0. The van der Waals surface area contributed by atoms with E-state index in [2.05, 4.69) is 20.2 Å². The normalized spacial score (nSPS) is 15.0. The molecule has 0 aliphatic carbocycles. The van der Waals surface area contributed by atoms with Gasteiger partial charge < -0.3 is 20.0 Å². The van der Waals surface area contributed by atoms with Crippen molar-refractivity contribution in [2.75, 3.05) is 36.8 Å². The van der Waals surface area contributed by atoms with Gasteiger partial charge in [0.15, 0.2) is 17.1 Å². The molecule has 0 spiro atoms. The van der Waals surface area contributed by atoms with Crippen LogP contribution in [0.1, 0.15) is 25.8 Å². The Kier molecular flexibility index (Phi) is 5.89. The first-order chi connectivity index (χ1) is 18.4. The van der Waals surface area contributed by atoms with E-state index in [9.17, 15) is 13.6 Å². The topological polar surface area (TPSA) is 124 Å². The van der Waals surface area contributed by atoms with Crippen molar-refractivity contribution in [2.45, 2.75) is 25.8 Å². The number of aromatic nitrogens is 6. The molecule has 196 valence electrons. The van der Waals surface area contributed by atoms with Gasteiger partial charge in [-0.05, 0) is 30.7 Å². The molecule has 0 bridgehead atoms. The van der Waals surface area contributed by atoms with Crippen LogP contribution in [0.25, 0.3) is 28.3 Å². The smallest absolute Gasteiger partial charge is 0.247 e. The number of anilines is 2. The second kappa shape index (κ2) is 9.39. The van der Waals surface area contributed by atoms with Gasteiger partial charge >= 0.3 is 0 Å². The maximum absolute atomic E-state index is 14.3. The lowest BCUT2D eigenvalue weighted by Crippen LogP contribution is -2.51. The summed E-state index contributed by atoms with van der Waals surface area (Å²) in [7, 11) is 0. The number of fused-ring (bicyclic) bond motifs is 3. The molecular formula is C25H25F2N9O2. The van der Waals surface area contributed by atoms with Crippen molar-refractivity contribution in [1.82, 2.24) is 34.3 Å². The zero-order chi connectivity index (χ0) is 26.4. The van der Waals surface area contributed by atoms with Gasteiger partial charge in [0.25, 0.3) is 0 Å². The van der Waals surface area contributed by atoms with E-state index in [4.69, 9.17) is 10.2 Å². The van der Waals surface area contributed by atoms with Crippen molar-refractivity contribution in [3.8, 4) is 11.6 Å². The molecule has 1 fully saturated rings. The van der Waals surface area contributed by atoms with Crippen molar-refractivity contribution >= 4 is 34.2 Å².